The molecule has 6 N–H and O–H groups in total. The molecular formula is C24H17N7O2S2. The molecule has 3 aromatic heterocycles. The fourth-order valence-electron chi connectivity index (χ4n) is 4.24. The Morgan fingerprint density at radius 2 is 1.83 bits per heavy atom. The van der Waals surface area contributed by atoms with Gasteiger partial charge in [-0.1, -0.05) is 30.3 Å². The van der Waals surface area contributed by atoms with Crippen molar-refractivity contribution in [2.45, 2.75) is 19.3 Å². The number of nitrogens with zero attached hydrogens (tertiary/aromatic N) is 3. The Bertz CT molecular complexity index is 1680. The summed E-state index contributed by atoms with van der Waals surface area (Å²) < 4.78 is 0. The van der Waals surface area contributed by atoms with Crippen LogP contribution in [0.4, 0.5) is 10.7 Å². The lowest BCUT2D eigenvalue weighted by molar-refractivity contribution is 0.0959. The van der Waals surface area contributed by atoms with Gasteiger partial charge in [-0.3, -0.25) is 9.59 Å². The number of nitrogens with two attached hydrogens (primary N) is 2. The van der Waals surface area contributed by atoms with Crippen LogP contribution in [-0.2, 0) is 12.8 Å². The molecule has 0 radical (unpaired) electrons. The predicted octanol–water partition coefficient (Wildman–Crippen LogP) is 3.50. The molecule has 0 unspecified atom stereocenters. The van der Waals surface area contributed by atoms with E-state index >= 15 is 0 Å². The molecular weight excluding hydrogens is 482 g/mol. The molecule has 4 aromatic rings. The molecule has 35 heavy (non-hydrogen) atoms. The quantitative estimate of drug-likeness (QED) is 0.314. The Morgan fingerprint density at radius 1 is 1.09 bits per heavy atom. The summed E-state index contributed by atoms with van der Waals surface area (Å²) in [4.78, 5) is 30.0. The predicted molar refractivity (Wildman–Crippen MR) is 137 cm³/mol. The lowest BCUT2D eigenvalue weighted by Gasteiger charge is -2.15. The molecule has 1 amide bonds. The van der Waals surface area contributed by atoms with Gasteiger partial charge in [-0.05, 0) is 24.0 Å². The van der Waals surface area contributed by atoms with E-state index in [1.165, 1.54) is 11.3 Å². The summed E-state index contributed by atoms with van der Waals surface area (Å²) in [7, 11) is 0. The van der Waals surface area contributed by atoms with Gasteiger partial charge in [0.25, 0.3) is 11.5 Å². The van der Waals surface area contributed by atoms with Gasteiger partial charge in [0.1, 0.15) is 38.0 Å². The molecule has 0 saturated heterocycles. The molecule has 0 fully saturated rings. The molecule has 1 aliphatic rings. The summed E-state index contributed by atoms with van der Waals surface area (Å²) >= 11 is 2.41. The number of nitrogen functional groups attached to an aromatic ring is 2. The molecule has 172 valence electrons. The average molecular weight is 500 g/mol. The number of hydrogen-bond acceptors (Lipinski definition) is 9. The topological polar surface area (TPSA) is 174 Å². The minimum atomic E-state index is -0.523. The number of rotatable bonds is 3. The summed E-state index contributed by atoms with van der Waals surface area (Å²) in [5.74, 6) is -0.523. The second kappa shape index (κ2) is 8.72. The average Bonchev–Trinajstić information content (AvgIpc) is 3.37. The van der Waals surface area contributed by atoms with Crippen LogP contribution in [0.5, 0.6) is 0 Å². The van der Waals surface area contributed by atoms with Crippen LogP contribution < -0.4 is 22.5 Å². The van der Waals surface area contributed by atoms with Gasteiger partial charge in [-0.15, -0.1) is 22.7 Å². The third-order valence-electron chi connectivity index (χ3n) is 5.85. The van der Waals surface area contributed by atoms with Crippen LogP contribution in [0, 0.1) is 22.7 Å². The first-order valence-corrected chi connectivity index (χ1v) is 12.2. The van der Waals surface area contributed by atoms with E-state index in [1.807, 2.05) is 36.4 Å². The highest BCUT2D eigenvalue weighted by atomic mass is 32.1. The first-order chi connectivity index (χ1) is 16.9. The number of carbonyl (C=O) groups excluding carboxylic acids is 1. The summed E-state index contributed by atoms with van der Waals surface area (Å²) in [6, 6.07) is 13.4. The first-order valence-electron chi connectivity index (χ1n) is 10.5. The number of fused-ring (bicyclic) bond motifs is 3. The van der Waals surface area contributed by atoms with E-state index < -0.39 is 11.5 Å². The summed E-state index contributed by atoms with van der Waals surface area (Å²) in [5.41, 5.74) is 17.3. The van der Waals surface area contributed by atoms with Crippen LogP contribution in [0.25, 0.3) is 21.3 Å². The molecule has 0 atom stereocenters. The van der Waals surface area contributed by atoms with E-state index in [0.717, 1.165) is 38.4 Å². The standard InChI is InChI=1S/C24H17N7O2S2/c25-9-14-17(11-4-2-1-3-5-11)18-13-7-6-12(8-16(13)34-24(18)29-22(14)32)30-31-23(33)20-19(27)15(10-26)21(28)35-20/h1-5H,6-8,27-28H2,(H,29,32)(H,31,33)/b30-12-. The molecule has 11 heteroatoms. The molecule has 0 bridgehead atoms. The van der Waals surface area contributed by atoms with Crippen molar-refractivity contribution in [1.29, 1.82) is 10.5 Å². The third kappa shape index (κ3) is 3.73. The number of benzene rings is 1. The van der Waals surface area contributed by atoms with E-state index in [0.29, 0.717) is 29.7 Å². The molecule has 1 aliphatic carbocycles. The van der Waals surface area contributed by atoms with Crippen molar-refractivity contribution in [3.63, 3.8) is 0 Å². The number of carbonyl (C=O) groups is 1. The maximum Gasteiger partial charge on any atom is 0.283 e. The largest absolute Gasteiger partial charge is 0.396 e. The number of amides is 1. The van der Waals surface area contributed by atoms with E-state index in [-0.39, 0.29) is 26.7 Å². The monoisotopic (exact) mass is 499 g/mol. The van der Waals surface area contributed by atoms with Crippen molar-refractivity contribution < 1.29 is 4.79 Å². The van der Waals surface area contributed by atoms with Gasteiger partial charge in [0, 0.05) is 28.0 Å². The fourth-order valence-corrected chi connectivity index (χ4v) is 6.35. The SMILES string of the molecule is N#Cc1c(N)sc(C(=O)N/N=C2/CCc3c(sc4[nH]c(=O)c(C#N)c(-c5ccccc5)c34)C2)c1N. The summed E-state index contributed by atoms with van der Waals surface area (Å²) in [6.07, 6.45) is 1.74. The highest BCUT2D eigenvalue weighted by Crippen LogP contribution is 2.40. The summed E-state index contributed by atoms with van der Waals surface area (Å²) in [6.45, 7) is 0. The Balaban J connectivity index is 1.50. The van der Waals surface area contributed by atoms with Crippen molar-refractivity contribution >= 4 is 55.2 Å². The van der Waals surface area contributed by atoms with Crippen LogP contribution >= 0.6 is 22.7 Å². The molecule has 0 aliphatic heterocycles. The van der Waals surface area contributed by atoms with Crippen molar-refractivity contribution in [1.82, 2.24) is 10.4 Å². The lowest BCUT2D eigenvalue weighted by atomic mass is 9.90. The number of thiophene rings is 2. The number of nitriles is 2. The third-order valence-corrected chi connectivity index (χ3v) is 8.03. The van der Waals surface area contributed by atoms with Crippen LogP contribution in [0.1, 0.15) is 37.7 Å². The molecule has 3 heterocycles. The Morgan fingerprint density at radius 3 is 2.51 bits per heavy atom. The van der Waals surface area contributed by atoms with Crippen LogP contribution in [0.3, 0.4) is 0 Å². The van der Waals surface area contributed by atoms with Crippen molar-refractivity contribution in [2.24, 2.45) is 5.10 Å². The molecule has 1 aromatic carbocycles. The first kappa shape index (κ1) is 22.3. The Kier molecular flexibility index (Phi) is 5.57. The van der Waals surface area contributed by atoms with E-state index in [1.54, 1.807) is 0 Å². The van der Waals surface area contributed by atoms with Gasteiger partial charge in [-0.25, -0.2) is 5.43 Å². The van der Waals surface area contributed by atoms with Gasteiger partial charge >= 0.3 is 0 Å². The smallest absolute Gasteiger partial charge is 0.283 e. The Labute approximate surface area is 206 Å². The van der Waals surface area contributed by atoms with E-state index in [9.17, 15) is 14.9 Å². The maximum atomic E-state index is 12.6. The number of aromatic amines is 1. The molecule has 5 rings (SSSR count). The second-order valence-corrected chi connectivity index (χ2v) is 10.0. The van der Waals surface area contributed by atoms with Gasteiger partial charge in [0.05, 0.1) is 5.69 Å². The van der Waals surface area contributed by atoms with Crippen molar-refractivity contribution in [3.05, 3.63) is 67.1 Å². The number of hydrogen-bond donors (Lipinski definition) is 4. The number of aryl methyl sites for hydroxylation is 1. The highest BCUT2D eigenvalue weighted by Gasteiger charge is 2.26. The zero-order chi connectivity index (χ0) is 24.7. The van der Waals surface area contributed by atoms with Gasteiger partial charge < -0.3 is 16.5 Å². The summed E-state index contributed by atoms with van der Waals surface area (Å²) in [5, 5.41) is 24.2. The van der Waals surface area contributed by atoms with Gasteiger partial charge in [0.15, 0.2) is 0 Å². The minimum absolute atomic E-state index is 0.0498. The minimum Gasteiger partial charge on any atom is -0.396 e. The van der Waals surface area contributed by atoms with Gasteiger partial charge in [-0.2, -0.15) is 15.6 Å². The van der Waals surface area contributed by atoms with Crippen LogP contribution in [0.15, 0.2) is 40.2 Å². The zero-order valence-corrected chi connectivity index (χ0v) is 19.8. The zero-order valence-electron chi connectivity index (χ0n) is 18.1. The second-order valence-electron chi connectivity index (χ2n) is 7.88. The van der Waals surface area contributed by atoms with Crippen LogP contribution in [0.2, 0.25) is 0 Å². The van der Waals surface area contributed by atoms with Crippen LogP contribution in [-0.4, -0.2) is 16.6 Å². The lowest BCUT2D eigenvalue weighted by Crippen LogP contribution is -2.22. The Hall–Kier alpha value is -4.45. The number of hydrazone groups is 1. The molecule has 0 saturated carbocycles. The normalized spacial score (nSPS) is 13.8. The van der Waals surface area contributed by atoms with E-state index in [2.05, 4.69) is 21.6 Å². The van der Waals surface area contributed by atoms with Crippen molar-refractivity contribution in [2.75, 3.05) is 11.5 Å². The fraction of sp³-hybridized carbons (Fsp3) is 0.125. The molecule has 0 spiro atoms. The number of aromatic nitrogens is 1. The van der Waals surface area contributed by atoms with Crippen molar-refractivity contribution in [3.8, 4) is 23.3 Å². The number of pyridine rings is 1. The number of nitrogens with one attached hydrogen (secondary N) is 2. The highest BCUT2D eigenvalue weighted by molar-refractivity contribution is 7.19. The number of anilines is 2. The van der Waals surface area contributed by atoms with E-state index in [4.69, 9.17) is 16.7 Å². The number of H-pyrrole nitrogens is 1. The molecule has 9 nitrogen and oxygen atoms in total. The maximum absolute atomic E-state index is 12.6. The van der Waals surface area contributed by atoms with Gasteiger partial charge in [0.2, 0.25) is 0 Å².